The summed E-state index contributed by atoms with van der Waals surface area (Å²) in [6.07, 6.45) is -3.76. The lowest BCUT2D eigenvalue weighted by molar-refractivity contribution is -0.136. The van der Waals surface area contributed by atoms with E-state index in [2.05, 4.69) is 5.32 Å². The zero-order chi connectivity index (χ0) is 20.0. The molecule has 2 rings (SSSR count). The van der Waals surface area contributed by atoms with Gasteiger partial charge in [0.25, 0.3) is 5.91 Å². The number of hydrogen-bond donors (Lipinski definition) is 1. The van der Waals surface area contributed by atoms with Gasteiger partial charge in [0.15, 0.2) is 11.5 Å². The van der Waals surface area contributed by atoms with Crippen molar-refractivity contribution in [2.75, 3.05) is 18.5 Å². The summed E-state index contributed by atoms with van der Waals surface area (Å²) in [6.45, 7) is 4.61. The molecule has 0 bridgehead atoms. The molecule has 0 unspecified atom stereocenters. The summed E-state index contributed by atoms with van der Waals surface area (Å²) in [4.78, 5) is 12.5. The van der Waals surface area contributed by atoms with Gasteiger partial charge < -0.3 is 14.8 Å². The van der Waals surface area contributed by atoms with Crippen LogP contribution < -0.4 is 14.8 Å². The first kappa shape index (κ1) is 21.3. The zero-order valence-corrected chi connectivity index (χ0v) is 17.0. The molecule has 0 saturated heterocycles. The summed E-state index contributed by atoms with van der Waals surface area (Å²) in [7, 11) is 0. The van der Waals surface area contributed by atoms with E-state index in [4.69, 9.17) is 9.47 Å². The highest BCUT2D eigenvalue weighted by atomic mass is 127. The fourth-order valence-corrected chi connectivity index (χ4v) is 3.10. The number of carbonyl (C=O) groups excluding carboxylic acids is 1. The van der Waals surface area contributed by atoms with Gasteiger partial charge in [-0.1, -0.05) is 19.1 Å². The Morgan fingerprint density at radius 1 is 1.15 bits per heavy atom. The number of benzene rings is 2. The minimum atomic E-state index is -4.56. The maximum absolute atomic E-state index is 13.1. The van der Waals surface area contributed by atoms with Crippen LogP contribution in [-0.2, 0) is 6.18 Å². The van der Waals surface area contributed by atoms with E-state index in [1.165, 1.54) is 24.3 Å². The first-order valence-electron chi connectivity index (χ1n) is 8.34. The van der Waals surface area contributed by atoms with Gasteiger partial charge in [-0.05, 0) is 60.2 Å². The van der Waals surface area contributed by atoms with Crippen LogP contribution in [0.15, 0.2) is 36.4 Å². The monoisotopic (exact) mass is 493 g/mol. The van der Waals surface area contributed by atoms with Crippen LogP contribution in [-0.4, -0.2) is 19.1 Å². The van der Waals surface area contributed by atoms with E-state index in [9.17, 15) is 18.0 Å². The summed E-state index contributed by atoms with van der Waals surface area (Å²) < 4.78 is 51.2. The number of anilines is 1. The van der Waals surface area contributed by atoms with Gasteiger partial charge in [0.1, 0.15) is 0 Å². The quantitative estimate of drug-likeness (QED) is 0.500. The Hall–Kier alpha value is -1.97. The largest absolute Gasteiger partial charge is 0.490 e. The second kappa shape index (κ2) is 9.29. The molecule has 2 aromatic carbocycles. The van der Waals surface area contributed by atoms with Crippen molar-refractivity contribution in [1.29, 1.82) is 0 Å². The molecule has 0 aromatic heterocycles. The Kier molecular flexibility index (Phi) is 7.34. The number of halogens is 4. The molecule has 0 fully saturated rings. The van der Waals surface area contributed by atoms with E-state index < -0.39 is 17.6 Å². The SMILES string of the molecule is CCCOc1c(I)cc(C(=O)Nc2ccccc2C(F)(F)F)cc1OCC. The van der Waals surface area contributed by atoms with E-state index >= 15 is 0 Å². The Balaban J connectivity index is 2.34. The molecule has 4 nitrogen and oxygen atoms in total. The van der Waals surface area contributed by atoms with E-state index in [0.717, 1.165) is 12.5 Å². The van der Waals surface area contributed by atoms with Gasteiger partial charge in [0.2, 0.25) is 0 Å². The van der Waals surface area contributed by atoms with Gasteiger partial charge >= 0.3 is 6.18 Å². The predicted octanol–water partition coefficient (Wildman–Crippen LogP) is 5.75. The molecule has 0 aliphatic heterocycles. The minimum Gasteiger partial charge on any atom is -0.490 e. The van der Waals surface area contributed by atoms with Crippen molar-refractivity contribution in [1.82, 2.24) is 0 Å². The molecule has 27 heavy (non-hydrogen) atoms. The molecular formula is C19H19F3INO3. The molecule has 0 heterocycles. The van der Waals surface area contributed by atoms with Crippen LogP contribution in [0.25, 0.3) is 0 Å². The molecule has 0 atom stereocenters. The number of hydrogen-bond acceptors (Lipinski definition) is 3. The van der Waals surface area contributed by atoms with E-state index in [0.29, 0.717) is 28.3 Å². The molecule has 0 aliphatic carbocycles. The fraction of sp³-hybridized carbons (Fsp3) is 0.316. The Labute approximate surface area is 169 Å². The fourth-order valence-electron chi connectivity index (χ4n) is 2.34. The van der Waals surface area contributed by atoms with Crippen molar-refractivity contribution >= 4 is 34.2 Å². The van der Waals surface area contributed by atoms with Crippen molar-refractivity contribution in [3.05, 3.63) is 51.1 Å². The van der Waals surface area contributed by atoms with Gasteiger partial charge in [-0.2, -0.15) is 13.2 Å². The van der Waals surface area contributed by atoms with E-state index in [-0.39, 0.29) is 11.3 Å². The van der Waals surface area contributed by atoms with Gasteiger partial charge in [-0.3, -0.25) is 4.79 Å². The third-order valence-electron chi connectivity index (χ3n) is 3.50. The summed E-state index contributed by atoms with van der Waals surface area (Å²) in [5.41, 5.74) is -1.01. The summed E-state index contributed by atoms with van der Waals surface area (Å²) in [5, 5.41) is 2.33. The Morgan fingerprint density at radius 3 is 2.48 bits per heavy atom. The van der Waals surface area contributed by atoms with Gasteiger partial charge in [-0.15, -0.1) is 0 Å². The number of alkyl halides is 3. The van der Waals surface area contributed by atoms with Crippen molar-refractivity contribution in [2.24, 2.45) is 0 Å². The third kappa shape index (κ3) is 5.50. The van der Waals surface area contributed by atoms with Crippen LogP contribution >= 0.6 is 22.6 Å². The van der Waals surface area contributed by atoms with Crippen LogP contribution in [0, 0.1) is 3.57 Å². The highest BCUT2D eigenvalue weighted by Gasteiger charge is 2.33. The Bertz CT molecular complexity index is 809. The number of para-hydroxylation sites is 1. The molecule has 0 saturated carbocycles. The maximum Gasteiger partial charge on any atom is 0.418 e. The second-order valence-corrected chi connectivity index (χ2v) is 6.73. The predicted molar refractivity (Wildman–Crippen MR) is 106 cm³/mol. The highest BCUT2D eigenvalue weighted by Crippen LogP contribution is 2.36. The molecule has 2 aromatic rings. The lowest BCUT2D eigenvalue weighted by Gasteiger charge is -2.16. The number of amides is 1. The van der Waals surface area contributed by atoms with Crippen LogP contribution in [0.5, 0.6) is 11.5 Å². The molecule has 1 amide bonds. The van der Waals surface area contributed by atoms with Crippen LogP contribution in [0.1, 0.15) is 36.2 Å². The molecule has 146 valence electrons. The average molecular weight is 493 g/mol. The Morgan fingerprint density at radius 2 is 1.85 bits per heavy atom. The smallest absolute Gasteiger partial charge is 0.418 e. The molecule has 0 radical (unpaired) electrons. The average Bonchev–Trinajstić information content (AvgIpc) is 2.60. The van der Waals surface area contributed by atoms with Crippen LogP contribution in [0.2, 0.25) is 0 Å². The standard InChI is InChI=1S/C19H19F3INO3/c1-3-9-27-17-14(23)10-12(11-16(17)26-4-2)18(25)24-15-8-6-5-7-13(15)19(20,21)22/h5-8,10-11H,3-4,9H2,1-2H3,(H,24,25). The second-order valence-electron chi connectivity index (χ2n) is 5.56. The van der Waals surface area contributed by atoms with Crippen LogP contribution in [0.4, 0.5) is 18.9 Å². The van der Waals surface area contributed by atoms with Crippen molar-refractivity contribution < 1.29 is 27.4 Å². The molecular weight excluding hydrogens is 474 g/mol. The first-order chi connectivity index (χ1) is 12.8. The molecule has 8 heteroatoms. The van der Waals surface area contributed by atoms with Crippen molar-refractivity contribution in [2.45, 2.75) is 26.4 Å². The summed E-state index contributed by atoms with van der Waals surface area (Å²) in [6, 6.07) is 7.87. The van der Waals surface area contributed by atoms with Crippen molar-refractivity contribution in [3.8, 4) is 11.5 Å². The minimum absolute atomic E-state index is 0.184. The van der Waals surface area contributed by atoms with Gasteiger partial charge in [0, 0.05) is 5.56 Å². The van der Waals surface area contributed by atoms with Gasteiger partial charge in [-0.25, -0.2) is 0 Å². The first-order valence-corrected chi connectivity index (χ1v) is 9.42. The maximum atomic E-state index is 13.1. The number of rotatable bonds is 7. The lowest BCUT2D eigenvalue weighted by Crippen LogP contribution is -2.17. The van der Waals surface area contributed by atoms with E-state index in [1.807, 2.05) is 29.5 Å². The van der Waals surface area contributed by atoms with E-state index in [1.54, 1.807) is 13.0 Å². The number of carbonyl (C=O) groups is 1. The lowest BCUT2D eigenvalue weighted by atomic mass is 10.1. The summed E-state index contributed by atoms with van der Waals surface area (Å²) >= 11 is 2.01. The van der Waals surface area contributed by atoms with Crippen LogP contribution in [0.3, 0.4) is 0 Å². The number of nitrogens with one attached hydrogen (secondary N) is 1. The van der Waals surface area contributed by atoms with Crippen molar-refractivity contribution in [3.63, 3.8) is 0 Å². The molecule has 0 spiro atoms. The topological polar surface area (TPSA) is 47.6 Å². The summed E-state index contributed by atoms with van der Waals surface area (Å²) in [5.74, 6) is 0.242. The molecule has 0 aliphatic rings. The third-order valence-corrected chi connectivity index (χ3v) is 4.30. The zero-order valence-electron chi connectivity index (χ0n) is 14.8. The highest BCUT2D eigenvalue weighted by molar-refractivity contribution is 14.1. The number of ether oxygens (including phenoxy) is 2. The van der Waals surface area contributed by atoms with Gasteiger partial charge in [0.05, 0.1) is 28.0 Å². The molecule has 1 N–H and O–H groups in total. The normalized spacial score (nSPS) is 11.2.